The van der Waals surface area contributed by atoms with E-state index in [-0.39, 0.29) is 17.0 Å². The van der Waals surface area contributed by atoms with E-state index in [0.717, 1.165) is 6.42 Å². The van der Waals surface area contributed by atoms with Crippen LogP contribution in [0.25, 0.3) is 0 Å². The van der Waals surface area contributed by atoms with E-state index in [1.807, 2.05) is 0 Å². The minimum Gasteiger partial charge on any atom is -0.478 e. The topological polar surface area (TPSA) is 69.6 Å². The van der Waals surface area contributed by atoms with Gasteiger partial charge >= 0.3 is 12.0 Å². The van der Waals surface area contributed by atoms with Crippen molar-refractivity contribution in [2.75, 3.05) is 18.4 Å². The Balaban J connectivity index is 2.01. The predicted molar refractivity (Wildman–Crippen MR) is 84.0 cm³/mol. The average Bonchev–Trinajstić information content (AvgIpc) is 2.86. The van der Waals surface area contributed by atoms with Gasteiger partial charge in [-0.2, -0.15) is 0 Å². The summed E-state index contributed by atoms with van der Waals surface area (Å²) in [6.07, 6.45) is 2.95. The van der Waals surface area contributed by atoms with Crippen molar-refractivity contribution in [3.05, 3.63) is 28.7 Å². The van der Waals surface area contributed by atoms with E-state index < -0.39 is 5.97 Å². The minimum atomic E-state index is -1.03. The third kappa shape index (κ3) is 3.64. The van der Waals surface area contributed by atoms with Crippen molar-refractivity contribution in [1.82, 2.24) is 4.90 Å². The lowest BCUT2D eigenvalue weighted by atomic mass is 9.83. The Bertz CT molecular complexity index is 584. The Morgan fingerprint density at radius 2 is 2.10 bits per heavy atom. The Morgan fingerprint density at radius 3 is 2.62 bits per heavy atom. The fourth-order valence-corrected chi connectivity index (χ4v) is 3.05. The predicted octanol–water partition coefficient (Wildman–Crippen LogP) is 3.66. The molecule has 0 atom stereocenters. The van der Waals surface area contributed by atoms with Gasteiger partial charge in [-0.25, -0.2) is 9.59 Å². The average molecular weight is 308 g/mol. The second-order valence-electron chi connectivity index (χ2n) is 6.07. The van der Waals surface area contributed by atoms with Crippen LogP contribution in [0.1, 0.15) is 37.6 Å². The monoisotopic (exact) mass is 308 g/mol. The highest BCUT2D eigenvalue weighted by molar-refractivity contribution is 7.14. The van der Waals surface area contributed by atoms with Gasteiger partial charge in [0.1, 0.15) is 5.00 Å². The van der Waals surface area contributed by atoms with Crippen LogP contribution in [-0.2, 0) is 0 Å². The number of carboxylic acids is 1. The first-order valence-electron chi connectivity index (χ1n) is 6.85. The maximum Gasteiger partial charge on any atom is 0.338 e. The molecule has 114 valence electrons. The molecule has 0 aromatic carbocycles. The summed E-state index contributed by atoms with van der Waals surface area (Å²) in [4.78, 5) is 24.9. The maximum absolute atomic E-state index is 12.2. The molecule has 0 fully saturated rings. The van der Waals surface area contributed by atoms with Crippen molar-refractivity contribution in [2.45, 2.75) is 27.2 Å². The van der Waals surface area contributed by atoms with E-state index in [9.17, 15) is 9.59 Å². The van der Waals surface area contributed by atoms with Crippen molar-refractivity contribution in [3.8, 4) is 0 Å². The van der Waals surface area contributed by atoms with E-state index in [1.54, 1.807) is 10.3 Å². The molecule has 1 aromatic heterocycles. The van der Waals surface area contributed by atoms with Crippen LogP contribution in [-0.4, -0.2) is 35.1 Å². The number of nitrogens with zero attached hydrogens (tertiary/aromatic N) is 1. The Morgan fingerprint density at radius 1 is 1.38 bits per heavy atom. The summed E-state index contributed by atoms with van der Waals surface area (Å²) >= 11 is 1.22. The molecule has 1 aromatic rings. The number of amides is 2. The molecule has 0 saturated heterocycles. The van der Waals surface area contributed by atoms with Crippen LogP contribution in [0, 0.1) is 5.41 Å². The highest BCUT2D eigenvalue weighted by Crippen LogP contribution is 2.30. The van der Waals surface area contributed by atoms with Crippen LogP contribution < -0.4 is 5.32 Å². The highest BCUT2D eigenvalue weighted by Gasteiger charge is 2.24. The van der Waals surface area contributed by atoms with Crippen LogP contribution in [0.5, 0.6) is 0 Å². The van der Waals surface area contributed by atoms with Gasteiger partial charge in [-0.1, -0.05) is 32.4 Å². The van der Waals surface area contributed by atoms with Crippen molar-refractivity contribution in [2.24, 2.45) is 5.41 Å². The van der Waals surface area contributed by atoms with Gasteiger partial charge in [0.2, 0.25) is 0 Å². The summed E-state index contributed by atoms with van der Waals surface area (Å²) in [5.74, 6) is -1.03. The quantitative estimate of drug-likeness (QED) is 0.819. The Kier molecular flexibility index (Phi) is 4.37. The molecular weight excluding hydrogens is 288 g/mol. The Hall–Kier alpha value is -1.82. The summed E-state index contributed by atoms with van der Waals surface area (Å²) in [6, 6.07) is 1.25. The fourth-order valence-electron chi connectivity index (χ4n) is 2.29. The van der Waals surface area contributed by atoms with Gasteiger partial charge in [0, 0.05) is 13.1 Å². The highest BCUT2D eigenvalue weighted by atomic mass is 32.1. The van der Waals surface area contributed by atoms with Gasteiger partial charge < -0.3 is 10.0 Å². The third-order valence-electron chi connectivity index (χ3n) is 3.58. The van der Waals surface area contributed by atoms with E-state index in [0.29, 0.717) is 18.1 Å². The number of aromatic carboxylic acids is 1. The van der Waals surface area contributed by atoms with E-state index in [2.05, 4.69) is 32.2 Å². The van der Waals surface area contributed by atoms with Crippen molar-refractivity contribution >= 4 is 28.3 Å². The van der Waals surface area contributed by atoms with Gasteiger partial charge in [0.05, 0.1) is 5.56 Å². The van der Waals surface area contributed by atoms with E-state index in [1.165, 1.54) is 23.0 Å². The summed E-state index contributed by atoms with van der Waals surface area (Å²) in [6.45, 7) is 7.72. The normalized spacial score (nSPS) is 15.6. The zero-order chi connectivity index (χ0) is 15.6. The zero-order valence-electron chi connectivity index (χ0n) is 12.5. The number of anilines is 1. The van der Waals surface area contributed by atoms with Crippen LogP contribution in [0.4, 0.5) is 9.80 Å². The molecule has 0 aliphatic carbocycles. The lowest BCUT2D eigenvalue weighted by Gasteiger charge is -2.32. The van der Waals surface area contributed by atoms with Crippen LogP contribution in [0.2, 0.25) is 0 Å². The van der Waals surface area contributed by atoms with Gasteiger partial charge in [-0.15, -0.1) is 11.3 Å². The zero-order valence-corrected chi connectivity index (χ0v) is 13.3. The Labute approximate surface area is 128 Å². The molecule has 21 heavy (non-hydrogen) atoms. The van der Waals surface area contributed by atoms with Gasteiger partial charge in [0.15, 0.2) is 0 Å². The van der Waals surface area contributed by atoms with Crippen LogP contribution in [0.3, 0.4) is 0 Å². The number of carbonyl (C=O) groups excluding carboxylic acids is 1. The molecule has 2 N–H and O–H groups in total. The maximum atomic E-state index is 12.2. The fraction of sp³-hybridized carbons (Fsp3) is 0.467. The van der Waals surface area contributed by atoms with Crippen LogP contribution in [0.15, 0.2) is 23.1 Å². The number of nitrogens with one attached hydrogen (secondary N) is 1. The smallest absolute Gasteiger partial charge is 0.338 e. The molecule has 2 rings (SSSR count). The number of hydrogen-bond donors (Lipinski definition) is 2. The number of thiophene rings is 1. The molecule has 0 spiro atoms. The summed E-state index contributed by atoms with van der Waals surface area (Å²) < 4.78 is 0. The van der Waals surface area contributed by atoms with Crippen molar-refractivity contribution < 1.29 is 14.7 Å². The lowest BCUT2D eigenvalue weighted by Crippen LogP contribution is -2.39. The SMILES string of the molecule is CC(C)(C)C1=CCN(C(=O)Nc2sccc2C(=O)O)CC1. The van der Waals surface area contributed by atoms with E-state index >= 15 is 0 Å². The second-order valence-corrected chi connectivity index (χ2v) is 6.99. The number of carboxylic acid groups (broad SMARTS) is 1. The lowest BCUT2D eigenvalue weighted by molar-refractivity contribution is 0.0698. The molecule has 2 heterocycles. The number of carbonyl (C=O) groups is 2. The first-order valence-corrected chi connectivity index (χ1v) is 7.73. The number of hydrogen-bond acceptors (Lipinski definition) is 3. The molecule has 6 heteroatoms. The first kappa shape index (κ1) is 15.6. The van der Waals surface area contributed by atoms with E-state index in [4.69, 9.17) is 5.11 Å². The summed E-state index contributed by atoms with van der Waals surface area (Å²) in [5, 5.41) is 13.8. The van der Waals surface area contributed by atoms with Crippen molar-refractivity contribution in [1.29, 1.82) is 0 Å². The van der Waals surface area contributed by atoms with Gasteiger partial charge in [0.25, 0.3) is 0 Å². The molecule has 0 unspecified atom stereocenters. The molecule has 2 amide bonds. The molecule has 0 bridgehead atoms. The van der Waals surface area contributed by atoms with Gasteiger partial charge in [-0.05, 0) is 23.3 Å². The number of urea groups is 1. The van der Waals surface area contributed by atoms with Gasteiger partial charge in [-0.3, -0.25) is 5.32 Å². The molecule has 1 aliphatic heterocycles. The standard InChI is InChI=1S/C15H20N2O3S/c1-15(2,3)10-4-7-17(8-5-10)14(20)16-12-11(13(18)19)6-9-21-12/h4,6,9H,5,7-8H2,1-3H3,(H,16,20)(H,18,19). The molecule has 1 aliphatic rings. The van der Waals surface area contributed by atoms with Crippen molar-refractivity contribution in [3.63, 3.8) is 0 Å². The first-order chi connectivity index (χ1) is 9.79. The molecule has 0 radical (unpaired) electrons. The third-order valence-corrected chi connectivity index (χ3v) is 4.41. The van der Waals surface area contributed by atoms with Crippen LogP contribution >= 0.6 is 11.3 Å². The minimum absolute atomic E-state index is 0.132. The molecule has 0 saturated carbocycles. The molecular formula is C15H20N2O3S. The number of rotatable bonds is 2. The summed E-state index contributed by atoms with van der Waals surface area (Å²) in [5.41, 5.74) is 1.62. The molecule has 5 nitrogen and oxygen atoms in total. The summed E-state index contributed by atoms with van der Waals surface area (Å²) in [7, 11) is 0. The second kappa shape index (κ2) is 5.89. The largest absolute Gasteiger partial charge is 0.478 e.